The lowest BCUT2D eigenvalue weighted by atomic mass is 10.1. The Morgan fingerprint density at radius 3 is 1.84 bits per heavy atom. The zero-order valence-corrected chi connectivity index (χ0v) is 20.2. The van der Waals surface area contributed by atoms with Crippen molar-refractivity contribution >= 4 is 11.9 Å². The van der Waals surface area contributed by atoms with E-state index in [9.17, 15) is 9.59 Å². The number of rotatable bonds is 23. The number of hydrogen-bond acceptors (Lipinski definition) is 3. The molecule has 1 amide bonds. The number of hydrogen-bond donors (Lipinski definition) is 3. The first kappa shape index (κ1) is 29.6. The molecule has 0 spiro atoms. The average molecular weight is 439 g/mol. The van der Waals surface area contributed by atoms with Crippen molar-refractivity contribution < 1.29 is 14.7 Å². The van der Waals surface area contributed by atoms with Gasteiger partial charge in [-0.15, -0.1) is 0 Å². The molecule has 4 N–H and O–H groups in total. The van der Waals surface area contributed by atoms with Crippen LogP contribution in [0.2, 0.25) is 0 Å². The van der Waals surface area contributed by atoms with Crippen molar-refractivity contribution in [3.05, 3.63) is 12.2 Å². The predicted octanol–water partition coefficient (Wildman–Crippen LogP) is 6.50. The molecular formula is C26H50N2O3. The van der Waals surface area contributed by atoms with Crippen LogP contribution in [-0.4, -0.2) is 29.6 Å². The number of allylic oxidation sites excluding steroid dienone is 2. The number of amides is 1. The Morgan fingerprint density at radius 1 is 0.774 bits per heavy atom. The molecule has 0 aliphatic rings. The van der Waals surface area contributed by atoms with Gasteiger partial charge in [0.1, 0.15) is 6.04 Å². The van der Waals surface area contributed by atoms with Crippen molar-refractivity contribution in [1.29, 1.82) is 0 Å². The number of carboxylic acid groups (broad SMARTS) is 1. The maximum absolute atomic E-state index is 11.8. The lowest BCUT2D eigenvalue weighted by Gasteiger charge is -2.07. The van der Waals surface area contributed by atoms with Crippen LogP contribution in [0, 0.1) is 0 Å². The van der Waals surface area contributed by atoms with Gasteiger partial charge in [0.15, 0.2) is 0 Å². The zero-order chi connectivity index (χ0) is 23.0. The monoisotopic (exact) mass is 438 g/mol. The lowest BCUT2D eigenvalue weighted by Crippen LogP contribution is -2.30. The maximum Gasteiger partial charge on any atom is 0.320 e. The van der Waals surface area contributed by atoms with E-state index in [1.165, 1.54) is 83.5 Å². The highest BCUT2D eigenvalue weighted by Gasteiger charge is 2.10. The number of nitrogens with one attached hydrogen (secondary N) is 1. The fourth-order valence-electron chi connectivity index (χ4n) is 3.64. The summed E-state index contributed by atoms with van der Waals surface area (Å²) in [5.74, 6) is -0.849. The summed E-state index contributed by atoms with van der Waals surface area (Å²) < 4.78 is 0. The second-order valence-corrected chi connectivity index (χ2v) is 8.83. The number of unbranched alkanes of at least 4 members (excludes halogenated alkanes) is 14. The van der Waals surface area contributed by atoms with E-state index in [1.54, 1.807) is 0 Å². The van der Waals surface area contributed by atoms with Crippen LogP contribution < -0.4 is 11.1 Å². The van der Waals surface area contributed by atoms with Crippen LogP contribution in [0.4, 0.5) is 0 Å². The molecule has 1 atom stereocenters. The minimum Gasteiger partial charge on any atom is -0.480 e. The Morgan fingerprint density at radius 2 is 1.29 bits per heavy atom. The van der Waals surface area contributed by atoms with Crippen molar-refractivity contribution in [2.45, 2.75) is 135 Å². The van der Waals surface area contributed by atoms with Crippen LogP contribution in [0.3, 0.4) is 0 Å². The summed E-state index contributed by atoms with van der Waals surface area (Å²) in [4.78, 5) is 22.4. The molecule has 182 valence electrons. The van der Waals surface area contributed by atoms with E-state index in [1.807, 2.05) is 0 Å². The summed E-state index contributed by atoms with van der Waals surface area (Å²) in [5, 5.41) is 11.6. The second-order valence-electron chi connectivity index (χ2n) is 8.83. The molecule has 0 unspecified atom stereocenters. The Balaban J connectivity index is 3.24. The second kappa shape index (κ2) is 23.3. The predicted molar refractivity (Wildman–Crippen MR) is 131 cm³/mol. The van der Waals surface area contributed by atoms with Crippen molar-refractivity contribution in [2.24, 2.45) is 5.73 Å². The highest BCUT2D eigenvalue weighted by atomic mass is 16.4. The Labute approximate surface area is 191 Å². The van der Waals surface area contributed by atoms with Crippen molar-refractivity contribution in [3.63, 3.8) is 0 Å². The van der Waals surface area contributed by atoms with Gasteiger partial charge in [-0.2, -0.15) is 0 Å². The summed E-state index contributed by atoms with van der Waals surface area (Å²) in [7, 11) is 0. The van der Waals surface area contributed by atoms with Gasteiger partial charge in [-0.3, -0.25) is 9.59 Å². The van der Waals surface area contributed by atoms with Gasteiger partial charge in [-0.25, -0.2) is 0 Å². The highest BCUT2D eigenvalue weighted by molar-refractivity contribution is 5.75. The van der Waals surface area contributed by atoms with Gasteiger partial charge in [0, 0.05) is 13.0 Å². The third-order valence-electron chi connectivity index (χ3n) is 5.75. The first-order valence-corrected chi connectivity index (χ1v) is 13.0. The minimum atomic E-state index is -0.958. The van der Waals surface area contributed by atoms with E-state index in [-0.39, 0.29) is 5.91 Å². The molecule has 0 saturated carbocycles. The van der Waals surface area contributed by atoms with Crippen molar-refractivity contribution in [1.82, 2.24) is 5.32 Å². The molecule has 0 rings (SSSR count). The van der Waals surface area contributed by atoms with E-state index in [0.717, 1.165) is 25.7 Å². The normalized spacial score (nSPS) is 12.3. The van der Waals surface area contributed by atoms with Gasteiger partial charge in [0.05, 0.1) is 0 Å². The molecule has 0 bridgehead atoms. The number of carbonyl (C=O) groups excluding carboxylic acids is 1. The van der Waals surface area contributed by atoms with Crippen LogP contribution in [0.1, 0.15) is 129 Å². The van der Waals surface area contributed by atoms with Crippen LogP contribution in [-0.2, 0) is 9.59 Å². The fraction of sp³-hybridized carbons (Fsp3) is 0.846. The first-order chi connectivity index (χ1) is 15.1. The van der Waals surface area contributed by atoms with E-state index < -0.39 is 12.0 Å². The van der Waals surface area contributed by atoms with Gasteiger partial charge >= 0.3 is 5.97 Å². The smallest absolute Gasteiger partial charge is 0.320 e. The molecule has 0 aromatic carbocycles. The molecule has 0 aliphatic heterocycles. The van der Waals surface area contributed by atoms with Crippen molar-refractivity contribution in [3.8, 4) is 0 Å². The number of carboxylic acids is 1. The molecule has 0 heterocycles. The summed E-state index contributed by atoms with van der Waals surface area (Å²) in [6, 6.07) is -0.789. The van der Waals surface area contributed by atoms with Gasteiger partial charge in [-0.1, -0.05) is 83.3 Å². The Hall–Kier alpha value is -1.36. The molecule has 0 radical (unpaired) electrons. The first-order valence-electron chi connectivity index (χ1n) is 13.0. The molecule has 31 heavy (non-hydrogen) atoms. The average Bonchev–Trinajstić information content (AvgIpc) is 2.75. The van der Waals surface area contributed by atoms with Crippen LogP contribution in [0.15, 0.2) is 12.2 Å². The highest BCUT2D eigenvalue weighted by Crippen LogP contribution is 2.12. The maximum atomic E-state index is 11.8. The van der Waals surface area contributed by atoms with Crippen LogP contribution >= 0.6 is 0 Å². The number of carbonyl (C=O) groups is 2. The van der Waals surface area contributed by atoms with E-state index in [4.69, 9.17) is 10.8 Å². The van der Waals surface area contributed by atoms with Crippen LogP contribution in [0.25, 0.3) is 0 Å². The Bertz CT molecular complexity index is 452. The van der Waals surface area contributed by atoms with E-state index >= 15 is 0 Å². The van der Waals surface area contributed by atoms with E-state index in [0.29, 0.717) is 19.4 Å². The molecule has 0 aromatic rings. The van der Waals surface area contributed by atoms with E-state index in [2.05, 4.69) is 24.4 Å². The third kappa shape index (κ3) is 23.1. The van der Waals surface area contributed by atoms with Gasteiger partial charge in [-0.05, 0) is 51.4 Å². The summed E-state index contributed by atoms with van der Waals surface area (Å²) in [5.41, 5.74) is 5.45. The molecular weight excluding hydrogens is 388 g/mol. The quantitative estimate of drug-likeness (QED) is 0.125. The van der Waals surface area contributed by atoms with Gasteiger partial charge < -0.3 is 16.2 Å². The fourth-order valence-corrected chi connectivity index (χ4v) is 3.64. The summed E-state index contributed by atoms with van der Waals surface area (Å²) in [6.07, 6.45) is 26.5. The van der Waals surface area contributed by atoms with Crippen molar-refractivity contribution in [2.75, 3.05) is 6.54 Å². The molecule has 0 aromatic heterocycles. The zero-order valence-electron chi connectivity index (χ0n) is 20.2. The number of nitrogens with two attached hydrogens (primary N) is 1. The standard InChI is InChI=1S/C26H50N2O3/c1-2-3-4-5-6-7-8-9-10-11-12-13-14-15-16-17-18-22-25(29)28-23-20-19-21-24(27)26(30)31/h7-8,24H,2-6,9-23,27H2,1H3,(H,28,29)(H,30,31)/b8-7+/t24-/m0/s1. The van der Waals surface area contributed by atoms with Gasteiger partial charge in [0.25, 0.3) is 0 Å². The molecule has 0 saturated heterocycles. The number of aliphatic carboxylic acids is 1. The molecule has 5 heteroatoms. The molecule has 0 fully saturated rings. The Kier molecular flexibility index (Phi) is 22.3. The summed E-state index contributed by atoms with van der Waals surface area (Å²) in [6.45, 7) is 2.87. The largest absolute Gasteiger partial charge is 0.480 e. The van der Waals surface area contributed by atoms with Crippen LogP contribution in [0.5, 0.6) is 0 Å². The minimum absolute atomic E-state index is 0.109. The van der Waals surface area contributed by atoms with Gasteiger partial charge in [0.2, 0.25) is 5.91 Å². The summed E-state index contributed by atoms with van der Waals surface area (Å²) >= 11 is 0. The topological polar surface area (TPSA) is 92.4 Å². The third-order valence-corrected chi connectivity index (χ3v) is 5.75. The lowest BCUT2D eigenvalue weighted by molar-refractivity contribution is -0.138. The molecule has 0 aliphatic carbocycles. The SMILES string of the molecule is CCCCCC/C=C/CCCCCCCCCCCC(=O)NCCCC[C@H](N)C(=O)O. The molecule has 5 nitrogen and oxygen atoms in total.